The van der Waals surface area contributed by atoms with Gasteiger partial charge in [0.15, 0.2) is 0 Å². The van der Waals surface area contributed by atoms with E-state index in [9.17, 15) is 4.39 Å². The van der Waals surface area contributed by atoms with E-state index in [0.717, 1.165) is 12.4 Å². The summed E-state index contributed by atoms with van der Waals surface area (Å²) in [6, 6.07) is 6.07. The highest BCUT2D eigenvalue weighted by atomic mass is 35.5. The molecule has 1 aromatic carbocycles. The van der Waals surface area contributed by atoms with E-state index in [1.54, 1.807) is 12.1 Å². The van der Waals surface area contributed by atoms with Crippen molar-refractivity contribution in [3.8, 4) is 11.3 Å². The van der Waals surface area contributed by atoms with Crippen molar-refractivity contribution in [2.24, 2.45) is 0 Å². The zero-order valence-corrected chi connectivity index (χ0v) is 10.9. The van der Waals surface area contributed by atoms with Crippen LogP contribution >= 0.6 is 11.6 Å². The van der Waals surface area contributed by atoms with Crippen LogP contribution in [0.25, 0.3) is 11.3 Å². The number of hydrogen-bond acceptors (Lipinski definition) is 3. The molecule has 0 unspecified atom stereocenters. The second kappa shape index (κ2) is 5.31. The predicted molar refractivity (Wildman–Crippen MR) is 71.3 cm³/mol. The molecular weight excluding hydrogens is 253 g/mol. The van der Waals surface area contributed by atoms with E-state index in [4.69, 9.17) is 11.6 Å². The van der Waals surface area contributed by atoms with E-state index in [2.05, 4.69) is 15.3 Å². The van der Waals surface area contributed by atoms with Crippen molar-refractivity contribution in [2.75, 3.05) is 11.9 Å². The lowest BCUT2D eigenvalue weighted by molar-refractivity contribution is 0.628. The molecule has 0 aliphatic carbocycles. The molecule has 1 aromatic heterocycles. The summed E-state index contributed by atoms with van der Waals surface area (Å²) in [5.41, 5.74) is 1.38. The van der Waals surface area contributed by atoms with Gasteiger partial charge in [0.2, 0.25) is 0 Å². The number of hydrogen-bond donors (Lipinski definition) is 1. The van der Waals surface area contributed by atoms with Gasteiger partial charge >= 0.3 is 0 Å². The average molecular weight is 266 g/mol. The Kier molecular flexibility index (Phi) is 3.77. The van der Waals surface area contributed by atoms with Crippen molar-refractivity contribution < 1.29 is 4.39 Å². The maximum absolute atomic E-state index is 13.0. The minimum absolute atomic E-state index is 0.343. The number of rotatable bonds is 3. The lowest BCUT2D eigenvalue weighted by Crippen LogP contribution is -2.02. The first-order valence-electron chi connectivity index (χ1n) is 5.65. The molecule has 3 nitrogen and oxygen atoms in total. The highest BCUT2D eigenvalue weighted by molar-refractivity contribution is 6.33. The molecule has 0 aliphatic heterocycles. The molecule has 0 aliphatic rings. The molecule has 94 valence electrons. The molecule has 0 saturated carbocycles. The third kappa shape index (κ3) is 2.76. The van der Waals surface area contributed by atoms with E-state index in [-0.39, 0.29) is 5.82 Å². The summed E-state index contributed by atoms with van der Waals surface area (Å²) in [5, 5.41) is 3.46. The summed E-state index contributed by atoms with van der Waals surface area (Å²) in [4.78, 5) is 8.58. The van der Waals surface area contributed by atoms with E-state index in [1.165, 1.54) is 12.1 Å². The Morgan fingerprint density at radius 2 is 2.06 bits per heavy atom. The zero-order chi connectivity index (χ0) is 13.1. The molecule has 5 heteroatoms. The maximum Gasteiger partial charge on any atom is 0.130 e. The zero-order valence-electron chi connectivity index (χ0n) is 10.2. The number of aryl methyl sites for hydroxylation is 1. The first-order chi connectivity index (χ1) is 8.60. The second-order valence-electron chi connectivity index (χ2n) is 3.84. The third-order valence-electron chi connectivity index (χ3n) is 2.40. The van der Waals surface area contributed by atoms with Gasteiger partial charge < -0.3 is 5.32 Å². The Bertz CT molecular complexity index is 572. The molecular formula is C13H13ClFN3. The Morgan fingerprint density at radius 1 is 1.28 bits per heavy atom. The number of nitrogens with zero attached hydrogens (tertiary/aromatic N) is 2. The summed E-state index contributed by atoms with van der Waals surface area (Å²) >= 11 is 6.02. The fourth-order valence-electron chi connectivity index (χ4n) is 1.67. The monoisotopic (exact) mass is 265 g/mol. The summed E-state index contributed by atoms with van der Waals surface area (Å²) < 4.78 is 13.0. The molecule has 18 heavy (non-hydrogen) atoms. The first kappa shape index (κ1) is 12.8. The number of halogens is 2. The van der Waals surface area contributed by atoms with Crippen molar-refractivity contribution in [3.05, 3.63) is 40.9 Å². The smallest absolute Gasteiger partial charge is 0.130 e. The fourth-order valence-corrected chi connectivity index (χ4v) is 1.94. The van der Waals surface area contributed by atoms with Crippen molar-refractivity contribution in [2.45, 2.75) is 13.8 Å². The minimum atomic E-state index is -0.360. The van der Waals surface area contributed by atoms with Crippen LogP contribution in [0.2, 0.25) is 5.02 Å². The molecule has 0 bridgehead atoms. The lowest BCUT2D eigenvalue weighted by atomic mass is 10.1. The Morgan fingerprint density at radius 3 is 2.72 bits per heavy atom. The van der Waals surface area contributed by atoms with E-state index >= 15 is 0 Å². The van der Waals surface area contributed by atoms with Gasteiger partial charge in [-0.15, -0.1) is 0 Å². The Labute approximate surface area is 110 Å². The normalized spacial score (nSPS) is 10.4. The lowest BCUT2D eigenvalue weighted by Gasteiger charge is -2.08. The summed E-state index contributed by atoms with van der Waals surface area (Å²) in [7, 11) is 0. The summed E-state index contributed by atoms with van der Waals surface area (Å²) in [5.74, 6) is 1.02. The van der Waals surface area contributed by atoms with Crippen molar-refractivity contribution in [3.63, 3.8) is 0 Å². The quantitative estimate of drug-likeness (QED) is 0.920. The number of nitrogens with one attached hydrogen (secondary N) is 1. The fraction of sp³-hybridized carbons (Fsp3) is 0.231. The molecule has 0 saturated heterocycles. The first-order valence-corrected chi connectivity index (χ1v) is 6.03. The molecule has 1 N–H and O–H groups in total. The molecule has 2 aromatic rings. The van der Waals surface area contributed by atoms with Gasteiger partial charge in [-0.3, -0.25) is 0 Å². The van der Waals surface area contributed by atoms with Gasteiger partial charge in [-0.2, -0.15) is 0 Å². The predicted octanol–water partition coefficient (Wildman–Crippen LogP) is 3.68. The topological polar surface area (TPSA) is 37.8 Å². The standard InChI is InChI=1S/C13H13ClFN3/c1-3-16-13-7-12(17-8(2)18-13)10-5-4-9(15)6-11(10)14/h4-7H,3H2,1-2H3,(H,16,17,18). The van der Waals surface area contributed by atoms with Crippen LogP contribution < -0.4 is 5.32 Å². The van der Waals surface area contributed by atoms with Crippen LogP contribution in [0.3, 0.4) is 0 Å². The summed E-state index contributed by atoms with van der Waals surface area (Å²) in [6.45, 7) is 4.57. The van der Waals surface area contributed by atoms with E-state index in [0.29, 0.717) is 22.1 Å². The van der Waals surface area contributed by atoms with Crippen LogP contribution in [0.15, 0.2) is 24.3 Å². The largest absolute Gasteiger partial charge is 0.370 e. The minimum Gasteiger partial charge on any atom is -0.370 e. The van der Waals surface area contributed by atoms with Crippen LogP contribution in [-0.4, -0.2) is 16.5 Å². The van der Waals surface area contributed by atoms with Crippen LogP contribution in [0.5, 0.6) is 0 Å². The van der Waals surface area contributed by atoms with Crippen molar-refractivity contribution >= 4 is 17.4 Å². The van der Waals surface area contributed by atoms with E-state index < -0.39 is 0 Å². The van der Waals surface area contributed by atoms with Crippen LogP contribution in [0, 0.1) is 12.7 Å². The van der Waals surface area contributed by atoms with Gasteiger partial charge in [0.1, 0.15) is 17.5 Å². The summed E-state index contributed by atoms with van der Waals surface area (Å²) in [6.07, 6.45) is 0. The number of anilines is 1. The Balaban J connectivity index is 2.49. The van der Waals surface area contributed by atoms with Crippen molar-refractivity contribution in [1.82, 2.24) is 9.97 Å². The molecule has 0 atom stereocenters. The van der Waals surface area contributed by atoms with Gasteiger partial charge in [-0.05, 0) is 32.0 Å². The van der Waals surface area contributed by atoms with Gasteiger partial charge in [-0.1, -0.05) is 11.6 Å². The molecule has 2 rings (SSSR count). The number of benzene rings is 1. The van der Waals surface area contributed by atoms with Gasteiger partial charge in [0.25, 0.3) is 0 Å². The Hall–Kier alpha value is -1.68. The van der Waals surface area contributed by atoms with Gasteiger partial charge in [0.05, 0.1) is 10.7 Å². The van der Waals surface area contributed by atoms with Crippen molar-refractivity contribution in [1.29, 1.82) is 0 Å². The maximum atomic E-state index is 13.0. The van der Waals surface area contributed by atoms with Crippen LogP contribution in [-0.2, 0) is 0 Å². The third-order valence-corrected chi connectivity index (χ3v) is 2.72. The molecule has 0 amide bonds. The second-order valence-corrected chi connectivity index (χ2v) is 4.25. The molecule has 0 fully saturated rings. The SMILES string of the molecule is CCNc1cc(-c2ccc(F)cc2Cl)nc(C)n1. The van der Waals surface area contributed by atoms with Gasteiger partial charge in [0, 0.05) is 18.2 Å². The number of aromatic nitrogens is 2. The highest BCUT2D eigenvalue weighted by Crippen LogP contribution is 2.28. The van der Waals surface area contributed by atoms with Crippen LogP contribution in [0.1, 0.15) is 12.7 Å². The average Bonchev–Trinajstić information content (AvgIpc) is 2.28. The molecule has 0 spiro atoms. The van der Waals surface area contributed by atoms with E-state index in [1.807, 2.05) is 13.8 Å². The highest BCUT2D eigenvalue weighted by Gasteiger charge is 2.08. The molecule has 0 radical (unpaired) electrons. The van der Waals surface area contributed by atoms with Crippen LogP contribution in [0.4, 0.5) is 10.2 Å². The molecule has 1 heterocycles. The van der Waals surface area contributed by atoms with Gasteiger partial charge in [-0.25, -0.2) is 14.4 Å².